The molecule has 0 atom stereocenters. The van der Waals surface area contributed by atoms with Gasteiger partial charge >= 0.3 is 0 Å². The summed E-state index contributed by atoms with van der Waals surface area (Å²) in [5, 5.41) is 12.1. The van der Waals surface area contributed by atoms with Crippen LogP contribution >= 0.6 is 23.4 Å². The number of aromatic nitrogens is 3. The lowest BCUT2D eigenvalue weighted by Gasteiger charge is -2.18. The molecule has 0 spiro atoms. The van der Waals surface area contributed by atoms with Gasteiger partial charge in [0.05, 0.1) is 17.1 Å². The van der Waals surface area contributed by atoms with Crippen molar-refractivity contribution in [3.63, 3.8) is 0 Å². The van der Waals surface area contributed by atoms with Crippen LogP contribution in [0.25, 0.3) is 5.69 Å². The quantitative estimate of drug-likeness (QED) is 0.560. The molecule has 1 aliphatic rings. The fraction of sp³-hybridized carbons (Fsp3) is 0.250. The molecule has 4 rings (SSSR count). The number of halogens is 3. The van der Waals surface area contributed by atoms with E-state index < -0.39 is 17.5 Å². The zero-order valence-corrected chi connectivity index (χ0v) is 17.4. The smallest absolute Gasteiger partial charge is 0.234 e. The predicted molar refractivity (Wildman–Crippen MR) is 114 cm³/mol. The average molecular weight is 450 g/mol. The van der Waals surface area contributed by atoms with Gasteiger partial charge < -0.3 is 10.2 Å². The van der Waals surface area contributed by atoms with Gasteiger partial charge in [-0.05, 0) is 43.2 Å². The van der Waals surface area contributed by atoms with Crippen LogP contribution in [0, 0.1) is 11.6 Å². The number of anilines is 2. The molecule has 0 aliphatic carbocycles. The van der Waals surface area contributed by atoms with E-state index in [2.05, 4.69) is 20.4 Å². The molecule has 0 radical (unpaired) electrons. The summed E-state index contributed by atoms with van der Waals surface area (Å²) in [6, 6.07) is 10.3. The maximum atomic E-state index is 13.8. The van der Waals surface area contributed by atoms with Gasteiger partial charge in [-0.3, -0.25) is 9.36 Å². The van der Waals surface area contributed by atoms with Crippen molar-refractivity contribution < 1.29 is 13.6 Å². The van der Waals surface area contributed by atoms with Gasteiger partial charge in [-0.25, -0.2) is 8.78 Å². The van der Waals surface area contributed by atoms with Crippen LogP contribution in [0.5, 0.6) is 0 Å². The standard InChI is InChI=1S/C20H18ClF2N5OS/c21-13-4-3-5-15(10-13)28-19(27-8-1-2-9-27)25-26-20(28)30-12-18(29)24-17-7-6-14(22)11-16(17)23/h3-7,10-11H,1-2,8-9,12H2,(H,24,29). The van der Waals surface area contributed by atoms with Gasteiger partial charge in [0.2, 0.25) is 11.9 Å². The predicted octanol–water partition coefficient (Wildman–Crippen LogP) is 4.53. The summed E-state index contributed by atoms with van der Waals surface area (Å²) in [7, 11) is 0. The number of rotatable bonds is 6. The van der Waals surface area contributed by atoms with Crippen LogP contribution in [-0.2, 0) is 4.79 Å². The molecule has 3 aromatic rings. The Morgan fingerprint density at radius 2 is 1.93 bits per heavy atom. The Kier molecular flexibility index (Phi) is 6.19. The van der Waals surface area contributed by atoms with Crippen molar-refractivity contribution in [2.24, 2.45) is 0 Å². The third kappa shape index (κ3) is 4.57. The Balaban J connectivity index is 1.54. The Bertz CT molecular complexity index is 1070. The highest BCUT2D eigenvalue weighted by molar-refractivity contribution is 7.99. The van der Waals surface area contributed by atoms with E-state index in [1.165, 1.54) is 17.8 Å². The molecule has 6 nitrogen and oxygen atoms in total. The fourth-order valence-electron chi connectivity index (χ4n) is 3.23. The summed E-state index contributed by atoms with van der Waals surface area (Å²) in [4.78, 5) is 14.5. The molecular formula is C20H18ClF2N5OS. The van der Waals surface area contributed by atoms with Crippen molar-refractivity contribution in [3.8, 4) is 5.69 Å². The second-order valence-corrected chi connectivity index (χ2v) is 8.13. The summed E-state index contributed by atoms with van der Waals surface area (Å²) >= 11 is 7.34. The number of carbonyl (C=O) groups is 1. The maximum Gasteiger partial charge on any atom is 0.234 e. The molecule has 0 saturated carbocycles. The molecule has 2 heterocycles. The first kappa shape index (κ1) is 20.6. The molecule has 0 bridgehead atoms. The van der Waals surface area contributed by atoms with E-state index in [1.54, 1.807) is 6.07 Å². The van der Waals surface area contributed by atoms with E-state index in [1.807, 2.05) is 22.8 Å². The van der Waals surface area contributed by atoms with Crippen molar-refractivity contribution in [2.75, 3.05) is 29.1 Å². The average Bonchev–Trinajstić information content (AvgIpc) is 3.38. The third-order valence-corrected chi connectivity index (χ3v) is 5.77. The van der Waals surface area contributed by atoms with E-state index in [0.29, 0.717) is 16.1 Å². The number of nitrogens with one attached hydrogen (secondary N) is 1. The lowest BCUT2D eigenvalue weighted by atomic mass is 10.3. The number of nitrogens with zero attached hydrogens (tertiary/aromatic N) is 4. The zero-order valence-electron chi connectivity index (χ0n) is 15.8. The van der Waals surface area contributed by atoms with E-state index in [4.69, 9.17) is 11.6 Å². The molecule has 0 unspecified atom stereocenters. The monoisotopic (exact) mass is 449 g/mol. The van der Waals surface area contributed by atoms with Crippen LogP contribution in [0.3, 0.4) is 0 Å². The number of amides is 1. The van der Waals surface area contributed by atoms with Crippen LogP contribution in [0.4, 0.5) is 20.4 Å². The van der Waals surface area contributed by atoms with Crippen LogP contribution in [0.2, 0.25) is 5.02 Å². The van der Waals surface area contributed by atoms with Gasteiger partial charge in [-0.15, -0.1) is 10.2 Å². The van der Waals surface area contributed by atoms with E-state index in [9.17, 15) is 13.6 Å². The van der Waals surface area contributed by atoms with Crippen molar-refractivity contribution >= 4 is 40.9 Å². The van der Waals surface area contributed by atoms with Crippen LogP contribution < -0.4 is 10.2 Å². The van der Waals surface area contributed by atoms with Gasteiger partial charge in [0.15, 0.2) is 5.16 Å². The minimum absolute atomic E-state index is 0.0183. The van der Waals surface area contributed by atoms with Gasteiger partial charge in [-0.1, -0.05) is 29.4 Å². The third-order valence-electron chi connectivity index (χ3n) is 4.61. The Morgan fingerprint density at radius 3 is 2.67 bits per heavy atom. The first-order valence-electron chi connectivity index (χ1n) is 9.35. The minimum Gasteiger partial charge on any atom is -0.341 e. The second kappa shape index (κ2) is 9.01. The minimum atomic E-state index is -0.827. The van der Waals surface area contributed by atoms with Gasteiger partial charge in [0.1, 0.15) is 11.6 Å². The molecule has 10 heteroatoms. The highest BCUT2D eigenvalue weighted by Crippen LogP contribution is 2.29. The number of hydrogen-bond donors (Lipinski definition) is 1. The fourth-order valence-corrected chi connectivity index (χ4v) is 4.16. The highest BCUT2D eigenvalue weighted by atomic mass is 35.5. The van der Waals surface area contributed by atoms with Gasteiger partial charge in [0.25, 0.3) is 0 Å². The van der Waals surface area contributed by atoms with Crippen molar-refractivity contribution in [3.05, 3.63) is 59.1 Å². The molecular weight excluding hydrogens is 432 g/mol. The van der Waals surface area contributed by atoms with E-state index >= 15 is 0 Å². The normalized spacial score (nSPS) is 13.6. The lowest BCUT2D eigenvalue weighted by Crippen LogP contribution is -2.22. The van der Waals surface area contributed by atoms with Crippen LogP contribution in [-0.4, -0.2) is 39.5 Å². The SMILES string of the molecule is O=C(CSc1nnc(N2CCCC2)n1-c1cccc(Cl)c1)Nc1ccc(F)cc1F. The molecule has 2 aromatic carbocycles. The molecule has 1 N–H and O–H groups in total. The first-order chi connectivity index (χ1) is 14.5. The van der Waals surface area contributed by atoms with Crippen LogP contribution in [0.1, 0.15) is 12.8 Å². The summed E-state index contributed by atoms with van der Waals surface area (Å²) < 4.78 is 28.7. The largest absolute Gasteiger partial charge is 0.341 e. The second-order valence-electron chi connectivity index (χ2n) is 6.75. The molecule has 156 valence electrons. The maximum absolute atomic E-state index is 13.8. The van der Waals surface area contributed by atoms with Crippen molar-refractivity contribution in [1.82, 2.24) is 14.8 Å². The number of hydrogen-bond acceptors (Lipinski definition) is 5. The molecule has 1 fully saturated rings. The topological polar surface area (TPSA) is 63.1 Å². The summed E-state index contributed by atoms with van der Waals surface area (Å²) in [6.07, 6.45) is 2.16. The Hall–Kier alpha value is -2.65. The number of benzene rings is 2. The highest BCUT2D eigenvalue weighted by Gasteiger charge is 2.23. The van der Waals surface area contributed by atoms with Crippen LogP contribution in [0.15, 0.2) is 47.6 Å². The van der Waals surface area contributed by atoms with Gasteiger partial charge in [-0.2, -0.15) is 0 Å². The summed E-state index contributed by atoms with van der Waals surface area (Å²) in [6.45, 7) is 1.77. The van der Waals surface area contributed by atoms with E-state index in [-0.39, 0.29) is 11.4 Å². The first-order valence-corrected chi connectivity index (χ1v) is 10.7. The Labute approximate surface area is 181 Å². The van der Waals surface area contributed by atoms with Gasteiger partial charge in [0, 0.05) is 24.2 Å². The number of carbonyl (C=O) groups excluding carboxylic acids is 1. The molecule has 1 aromatic heterocycles. The molecule has 1 amide bonds. The van der Waals surface area contributed by atoms with Crippen molar-refractivity contribution in [2.45, 2.75) is 18.0 Å². The lowest BCUT2D eigenvalue weighted by molar-refractivity contribution is -0.113. The Morgan fingerprint density at radius 1 is 1.13 bits per heavy atom. The molecule has 1 aliphatic heterocycles. The summed E-state index contributed by atoms with van der Waals surface area (Å²) in [5.74, 6) is -1.29. The van der Waals surface area contributed by atoms with Crippen molar-refractivity contribution in [1.29, 1.82) is 0 Å². The summed E-state index contributed by atoms with van der Waals surface area (Å²) in [5.41, 5.74) is 0.720. The number of thioether (sulfide) groups is 1. The molecule has 1 saturated heterocycles. The zero-order chi connectivity index (χ0) is 21.1. The van der Waals surface area contributed by atoms with E-state index in [0.717, 1.165) is 43.8 Å². The molecule has 30 heavy (non-hydrogen) atoms.